The minimum absolute atomic E-state index is 1.00. The summed E-state index contributed by atoms with van der Waals surface area (Å²) >= 11 is 0. The molecule has 0 aromatic carbocycles. The van der Waals surface area contributed by atoms with Crippen molar-refractivity contribution in [2.24, 2.45) is 0 Å². The molecule has 3 heteroatoms. The lowest BCUT2D eigenvalue weighted by atomic mass is 10.5. The van der Waals surface area contributed by atoms with Crippen LogP contribution in [-0.4, -0.2) is 26.3 Å². The summed E-state index contributed by atoms with van der Waals surface area (Å²) in [5.41, 5.74) is 0. The van der Waals surface area contributed by atoms with E-state index in [9.17, 15) is 0 Å². The van der Waals surface area contributed by atoms with Gasteiger partial charge in [0.15, 0.2) is 0 Å². The van der Waals surface area contributed by atoms with Gasteiger partial charge in [-0.15, -0.1) is 0 Å². The number of hydrogen-bond acceptors (Lipinski definition) is 3. The largest absolute Gasteiger partial charge is 0.391 e. The van der Waals surface area contributed by atoms with Crippen LogP contribution in [0.3, 0.4) is 0 Å². The van der Waals surface area contributed by atoms with E-state index in [1.807, 2.05) is 6.20 Å². The molecular weight excluding hydrogens is 126 g/mol. The lowest BCUT2D eigenvalue weighted by molar-refractivity contribution is 0.807. The highest BCUT2D eigenvalue weighted by Crippen LogP contribution is 1.84. The molecule has 3 N–H and O–H groups in total. The molecule has 0 aromatic rings. The summed E-state index contributed by atoms with van der Waals surface area (Å²) in [6.45, 7) is 4.42. The quantitative estimate of drug-likeness (QED) is 0.431. The fraction of sp³-hybridized carbons (Fsp3) is 0.714. The van der Waals surface area contributed by atoms with Crippen LogP contribution in [0.25, 0.3) is 0 Å². The summed E-state index contributed by atoms with van der Waals surface area (Å²) in [6.07, 6.45) is 5.32. The van der Waals surface area contributed by atoms with Gasteiger partial charge in [0.25, 0.3) is 0 Å². The second-order valence-corrected chi connectivity index (χ2v) is 2.32. The highest BCUT2D eigenvalue weighted by atomic mass is 15.1. The van der Waals surface area contributed by atoms with Gasteiger partial charge in [0.05, 0.1) is 0 Å². The second-order valence-electron chi connectivity index (χ2n) is 2.32. The van der Waals surface area contributed by atoms with Gasteiger partial charge in [0.2, 0.25) is 0 Å². The highest BCUT2D eigenvalue weighted by Gasteiger charge is 1.90. The first kappa shape index (κ1) is 7.57. The average molecular weight is 141 g/mol. The molecule has 2 rings (SSSR count). The molecule has 0 bridgehead atoms. The summed E-state index contributed by atoms with van der Waals surface area (Å²) in [7, 11) is 0. The Morgan fingerprint density at radius 1 is 1.00 bits per heavy atom. The smallest absolute Gasteiger partial charge is 0.0455 e. The Labute approximate surface area is 61.9 Å². The molecular formula is C7H15N3. The summed E-state index contributed by atoms with van der Waals surface area (Å²) < 4.78 is 0. The van der Waals surface area contributed by atoms with E-state index in [4.69, 9.17) is 0 Å². The second kappa shape index (κ2) is 5.26. The molecule has 58 valence electrons. The van der Waals surface area contributed by atoms with E-state index in [2.05, 4.69) is 22.0 Å². The lowest BCUT2D eigenvalue weighted by Gasteiger charge is -1.78. The molecule has 2 aliphatic rings. The molecule has 0 atom stereocenters. The number of nitrogens with one attached hydrogen (secondary N) is 3. The van der Waals surface area contributed by atoms with Gasteiger partial charge in [-0.3, -0.25) is 0 Å². The maximum atomic E-state index is 3.11. The minimum atomic E-state index is 1.00. The fourth-order valence-corrected chi connectivity index (χ4v) is 0.859. The Morgan fingerprint density at radius 2 is 1.80 bits per heavy atom. The molecule has 3 nitrogen and oxygen atoms in total. The molecule has 0 aromatic heterocycles. The molecule has 0 spiro atoms. The maximum absolute atomic E-state index is 3.11. The third-order valence-corrected chi connectivity index (χ3v) is 1.42. The van der Waals surface area contributed by atoms with Crippen molar-refractivity contribution >= 4 is 0 Å². The molecule has 10 heavy (non-hydrogen) atoms. The van der Waals surface area contributed by atoms with Crippen molar-refractivity contribution in [3.63, 3.8) is 0 Å². The molecule has 0 aliphatic carbocycles. The van der Waals surface area contributed by atoms with Gasteiger partial charge in [-0.2, -0.15) is 0 Å². The molecule has 2 aliphatic heterocycles. The van der Waals surface area contributed by atoms with Crippen molar-refractivity contribution in [1.82, 2.24) is 16.0 Å². The van der Waals surface area contributed by atoms with Crippen LogP contribution in [0.4, 0.5) is 0 Å². The Balaban J connectivity index is 0.0000001000. The van der Waals surface area contributed by atoms with Gasteiger partial charge >= 0.3 is 0 Å². The van der Waals surface area contributed by atoms with Crippen LogP contribution < -0.4 is 16.0 Å². The Bertz CT molecular complexity index is 83.4. The van der Waals surface area contributed by atoms with Crippen molar-refractivity contribution in [3.8, 4) is 0 Å². The van der Waals surface area contributed by atoms with Crippen LogP contribution in [0.1, 0.15) is 6.42 Å². The Morgan fingerprint density at radius 3 is 2.00 bits per heavy atom. The van der Waals surface area contributed by atoms with Gasteiger partial charge < -0.3 is 16.0 Å². The van der Waals surface area contributed by atoms with Crippen molar-refractivity contribution < 1.29 is 0 Å². The van der Waals surface area contributed by atoms with E-state index in [-0.39, 0.29) is 0 Å². The summed E-state index contributed by atoms with van der Waals surface area (Å²) in [6, 6.07) is 0. The highest BCUT2D eigenvalue weighted by molar-refractivity contribution is 4.86. The van der Waals surface area contributed by atoms with Gasteiger partial charge in [0, 0.05) is 26.3 Å². The molecule has 1 fully saturated rings. The monoisotopic (exact) mass is 141 g/mol. The molecule has 0 amide bonds. The normalized spacial score (nSPS) is 21.6. The van der Waals surface area contributed by atoms with E-state index in [0.717, 1.165) is 26.3 Å². The number of rotatable bonds is 0. The fourth-order valence-electron chi connectivity index (χ4n) is 0.859. The van der Waals surface area contributed by atoms with Gasteiger partial charge in [-0.25, -0.2) is 0 Å². The third-order valence-electron chi connectivity index (χ3n) is 1.42. The molecule has 1 saturated heterocycles. The predicted molar refractivity (Wildman–Crippen MR) is 42.6 cm³/mol. The third kappa shape index (κ3) is 3.48. The van der Waals surface area contributed by atoms with Crippen molar-refractivity contribution in [2.75, 3.05) is 26.3 Å². The van der Waals surface area contributed by atoms with Gasteiger partial charge in [0.1, 0.15) is 0 Å². The van der Waals surface area contributed by atoms with E-state index >= 15 is 0 Å². The molecule has 0 radical (unpaired) electrons. The van der Waals surface area contributed by atoms with E-state index in [1.165, 1.54) is 6.42 Å². The van der Waals surface area contributed by atoms with Gasteiger partial charge in [-0.05, 0) is 12.6 Å². The van der Waals surface area contributed by atoms with Crippen LogP contribution >= 0.6 is 0 Å². The summed E-state index contributed by atoms with van der Waals surface area (Å²) in [5, 5.41) is 9.26. The van der Waals surface area contributed by atoms with Crippen molar-refractivity contribution in [3.05, 3.63) is 12.3 Å². The zero-order chi connectivity index (χ0) is 7.07. The minimum Gasteiger partial charge on any atom is -0.391 e. The maximum Gasteiger partial charge on any atom is 0.0455 e. The topological polar surface area (TPSA) is 36.1 Å². The van der Waals surface area contributed by atoms with E-state index < -0.39 is 0 Å². The first-order valence-corrected chi connectivity index (χ1v) is 3.80. The summed E-state index contributed by atoms with van der Waals surface area (Å²) in [4.78, 5) is 0. The first-order chi connectivity index (χ1) is 5.00. The zero-order valence-corrected chi connectivity index (χ0v) is 6.19. The van der Waals surface area contributed by atoms with Crippen LogP contribution in [0, 0.1) is 0 Å². The zero-order valence-electron chi connectivity index (χ0n) is 6.19. The van der Waals surface area contributed by atoms with Crippen LogP contribution in [-0.2, 0) is 0 Å². The van der Waals surface area contributed by atoms with Crippen molar-refractivity contribution in [1.29, 1.82) is 0 Å². The van der Waals surface area contributed by atoms with Crippen LogP contribution in [0.2, 0.25) is 0 Å². The van der Waals surface area contributed by atoms with Crippen molar-refractivity contribution in [2.45, 2.75) is 6.42 Å². The molecule has 0 unspecified atom stereocenters. The lowest BCUT2D eigenvalue weighted by Crippen LogP contribution is -2.11. The first-order valence-electron chi connectivity index (χ1n) is 3.80. The molecule has 2 heterocycles. The van der Waals surface area contributed by atoms with Crippen LogP contribution in [0.15, 0.2) is 12.3 Å². The number of hydrogen-bond donors (Lipinski definition) is 3. The molecule has 0 saturated carbocycles. The SMILES string of the molecule is C1=CNCC1.C1CNCN1. The predicted octanol–water partition coefficient (Wildman–Crippen LogP) is -0.370. The Hall–Kier alpha value is -0.540. The Kier molecular flexibility index (Phi) is 3.98. The summed E-state index contributed by atoms with van der Waals surface area (Å²) in [5.74, 6) is 0. The van der Waals surface area contributed by atoms with E-state index in [0.29, 0.717) is 0 Å². The standard InChI is InChI=1S/C4H7N.C3H8N2/c1-2-4-5-3-1;1-2-5-3-4-1/h1,3,5H,2,4H2;4-5H,1-3H2. The average Bonchev–Trinajstić information content (AvgIpc) is 2.67. The van der Waals surface area contributed by atoms with Crippen LogP contribution in [0.5, 0.6) is 0 Å². The van der Waals surface area contributed by atoms with Gasteiger partial charge in [-0.1, -0.05) is 6.08 Å². The van der Waals surface area contributed by atoms with E-state index in [1.54, 1.807) is 0 Å².